The summed E-state index contributed by atoms with van der Waals surface area (Å²) in [5, 5.41) is 0. The Hall–Kier alpha value is -0.263. The molecular formula is C32H48N2O6W2+2. The number of quaternary nitrogens is 2. The van der Waals surface area contributed by atoms with Gasteiger partial charge in [0.2, 0.25) is 0 Å². The maximum absolute atomic E-state index is 7.50. The van der Waals surface area contributed by atoms with E-state index in [2.05, 4.69) is 147 Å². The Bertz CT molecular complexity index is 472. The van der Waals surface area contributed by atoms with Crippen LogP contribution in [-0.2, 0) is 70.0 Å². The van der Waals surface area contributed by atoms with E-state index in [-0.39, 0.29) is 42.1 Å². The van der Waals surface area contributed by atoms with Crippen molar-refractivity contribution in [3.8, 4) is 0 Å². The second-order valence-corrected chi connectivity index (χ2v) is 7.56. The van der Waals surface area contributed by atoms with Gasteiger partial charge in [-0.15, -0.1) is 0 Å². The first-order valence-corrected chi connectivity index (χ1v) is 12.8. The summed E-state index contributed by atoms with van der Waals surface area (Å²) in [6.07, 6.45) is 16.7. The smallest absolute Gasteiger partial charge is 0 e. The molecule has 10 radical (unpaired) electrons. The van der Waals surface area contributed by atoms with Crippen molar-refractivity contribution < 1.29 is 79.0 Å². The van der Waals surface area contributed by atoms with Crippen molar-refractivity contribution in [2.45, 2.75) is 55.4 Å². The van der Waals surface area contributed by atoms with Gasteiger partial charge in [-0.2, -0.15) is 0 Å². The summed E-state index contributed by atoms with van der Waals surface area (Å²) in [4.78, 5) is 0. The molecule has 0 aliphatic heterocycles. The minimum atomic E-state index is 0. The SMILES string of the molecule is CC[N+](CC)(CC)CC.CC[N+](CC)(CC)CC.[C-]#[O+].[C-]#[O+].[C-]#[O+].[C-]#[O+].[C-]#[O+].[C-]#[O+].[CH]1[CH][CH][C]([C]2[CH][CH][CH][CH]2)[CH]1.[W].[W]. The maximum atomic E-state index is 7.50. The van der Waals surface area contributed by atoms with Gasteiger partial charge in [0.1, 0.15) is 0 Å². The minimum Gasteiger partial charge on any atom is -0.0309 e. The van der Waals surface area contributed by atoms with Crippen LogP contribution >= 0.6 is 0 Å². The molecule has 0 amide bonds. The van der Waals surface area contributed by atoms with Crippen molar-refractivity contribution in [1.29, 1.82) is 0 Å². The molecule has 42 heavy (non-hydrogen) atoms. The molecule has 0 N–H and O–H groups in total. The third-order valence-corrected chi connectivity index (χ3v) is 7.03. The van der Waals surface area contributed by atoms with Gasteiger partial charge in [0, 0.05) is 42.1 Å². The monoisotopic (exact) mass is 924 g/mol. The summed E-state index contributed by atoms with van der Waals surface area (Å²) < 4.78 is 47.6. The van der Waals surface area contributed by atoms with Crippen LogP contribution in [0.5, 0.6) is 0 Å². The summed E-state index contributed by atoms with van der Waals surface area (Å²) >= 11 is 0. The van der Waals surface area contributed by atoms with Gasteiger partial charge in [-0.3, -0.25) is 0 Å². The first-order valence-electron chi connectivity index (χ1n) is 12.8. The zero-order valence-corrected chi connectivity index (χ0v) is 32.3. The molecule has 0 unspecified atom stereocenters. The zero-order chi connectivity index (χ0) is 33.5. The summed E-state index contributed by atoms with van der Waals surface area (Å²) in [5.74, 6) is 2.62. The summed E-state index contributed by atoms with van der Waals surface area (Å²) in [7, 11) is 0. The van der Waals surface area contributed by atoms with Gasteiger partial charge < -0.3 is 8.97 Å². The standard InChI is InChI=1S/C10H8.2C8H20N.6CO.2W/c1-2-6-9(5-1)10-7-3-4-8-10;2*1-5-9(6-2,7-3)8-4;6*1-2;;/h1-8H;2*5-8H2,1-4H3;;;;;;;;/q;2*+1;;;;;;;;. The minimum absolute atomic E-state index is 0. The van der Waals surface area contributed by atoms with Crippen LogP contribution in [0.4, 0.5) is 0 Å². The molecule has 0 heterocycles. The number of nitrogens with zero attached hydrogens (tertiary/aromatic N) is 2. The molecule has 2 fully saturated rings. The summed E-state index contributed by atoms with van der Waals surface area (Å²) in [6.45, 7) is 55.4. The summed E-state index contributed by atoms with van der Waals surface area (Å²) in [5.41, 5.74) is 0. The first-order chi connectivity index (χ1) is 19.5. The predicted octanol–water partition coefficient (Wildman–Crippen LogP) is 5.33. The molecule has 0 aromatic rings. The molecule has 2 aliphatic carbocycles. The van der Waals surface area contributed by atoms with Crippen LogP contribution in [0.25, 0.3) is 0 Å². The van der Waals surface area contributed by atoms with Gasteiger partial charge in [0.25, 0.3) is 0 Å². The van der Waals surface area contributed by atoms with Crippen molar-refractivity contribution in [1.82, 2.24) is 0 Å². The molecule has 0 atom stereocenters. The largest absolute Gasteiger partial charge is 0.0309 e. The predicted molar refractivity (Wildman–Crippen MR) is 149 cm³/mol. The van der Waals surface area contributed by atoms with Gasteiger partial charge in [0.05, 0.1) is 52.4 Å². The van der Waals surface area contributed by atoms with Gasteiger partial charge in [-0.05, 0) is 119 Å². The molecule has 8 nitrogen and oxygen atoms in total. The third-order valence-electron chi connectivity index (χ3n) is 7.03. The third kappa shape index (κ3) is 34.2. The molecule has 10 heteroatoms. The normalized spacial score (nSPS) is 12.6. The van der Waals surface area contributed by atoms with Crippen LogP contribution in [0, 0.1) is 103 Å². The van der Waals surface area contributed by atoms with Crippen LogP contribution in [0.3, 0.4) is 0 Å². The van der Waals surface area contributed by atoms with Crippen molar-refractivity contribution in [2.24, 2.45) is 0 Å². The van der Waals surface area contributed by atoms with Gasteiger partial charge in [0.15, 0.2) is 0 Å². The van der Waals surface area contributed by atoms with Crippen molar-refractivity contribution in [2.75, 3.05) is 52.4 Å². The van der Waals surface area contributed by atoms with Crippen LogP contribution in [0.1, 0.15) is 55.4 Å². The Morgan fingerprint density at radius 1 is 0.357 bits per heavy atom. The molecule has 0 bridgehead atoms. The van der Waals surface area contributed by atoms with E-state index in [4.69, 9.17) is 27.9 Å². The van der Waals surface area contributed by atoms with E-state index in [1.54, 1.807) is 0 Å². The Labute approximate surface area is 288 Å². The molecule has 2 aliphatic rings. The fourth-order valence-electron chi connectivity index (χ4n) is 3.82. The van der Waals surface area contributed by atoms with E-state index in [9.17, 15) is 0 Å². The number of hydrogen-bond acceptors (Lipinski definition) is 0. The molecular weight excluding hydrogens is 876 g/mol. The quantitative estimate of drug-likeness (QED) is 0.169. The van der Waals surface area contributed by atoms with Crippen LogP contribution in [0.2, 0.25) is 0 Å². The first kappa shape index (κ1) is 64.6. The molecule has 2 saturated carbocycles. The Balaban J connectivity index is -0.0000000461. The van der Waals surface area contributed by atoms with Gasteiger partial charge in [-0.25, -0.2) is 0 Å². The second kappa shape index (κ2) is 56.5. The number of hydrogen-bond donors (Lipinski definition) is 0. The number of rotatable bonds is 9. The molecule has 0 aromatic carbocycles. The molecule has 2 rings (SSSR count). The van der Waals surface area contributed by atoms with Crippen LogP contribution in [-0.4, -0.2) is 61.3 Å². The summed E-state index contributed by atoms with van der Waals surface area (Å²) in [6, 6.07) is 0. The topological polar surface area (TPSA) is 119 Å². The Morgan fingerprint density at radius 3 is 0.548 bits per heavy atom. The Kier molecular flexibility index (Phi) is 87.0. The molecule has 0 spiro atoms. The van der Waals surface area contributed by atoms with Crippen molar-refractivity contribution in [3.63, 3.8) is 0 Å². The second-order valence-electron chi connectivity index (χ2n) is 7.56. The van der Waals surface area contributed by atoms with Crippen LogP contribution < -0.4 is 0 Å². The average Bonchev–Trinajstić information content (AvgIpc) is 3.82. The van der Waals surface area contributed by atoms with E-state index in [0.717, 1.165) is 0 Å². The molecule has 0 aromatic heterocycles. The average molecular weight is 924 g/mol. The molecule has 0 saturated heterocycles. The van der Waals surface area contributed by atoms with E-state index < -0.39 is 0 Å². The fourth-order valence-corrected chi connectivity index (χ4v) is 3.82. The van der Waals surface area contributed by atoms with E-state index >= 15 is 0 Å². The Morgan fingerprint density at radius 2 is 0.476 bits per heavy atom. The van der Waals surface area contributed by atoms with Gasteiger partial charge >= 0.3 is 67.8 Å². The molecule has 232 valence electrons. The van der Waals surface area contributed by atoms with Crippen molar-refractivity contribution >= 4 is 0 Å². The van der Waals surface area contributed by atoms with Gasteiger partial charge in [-0.1, -0.05) is 0 Å². The van der Waals surface area contributed by atoms with E-state index in [1.807, 2.05) is 0 Å². The van der Waals surface area contributed by atoms with E-state index in [1.165, 1.54) is 73.2 Å². The zero-order valence-electron chi connectivity index (χ0n) is 26.4. The maximum Gasteiger partial charge on any atom is 0 e. The van der Waals surface area contributed by atoms with E-state index in [0.29, 0.717) is 0 Å². The van der Waals surface area contributed by atoms with Crippen molar-refractivity contribution in [3.05, 3.63) is 103 Å². The van der Waals surface area contributed by atoms with Crippen LogP contribution in [0.15, 0.2) is 0 Å². The fraction of sp³-hybridized carbons (Fsp3) is 0.500.